The van der Waals surface area contributed by atoms with Gasteiger partial charge >= 0.3 is 0 Å². The van der Waals surface area contributed by atoms with Crippen LogP contribution in [-0.4, -0.2) is 4.98 Å². The van der Waals surface area contributed by atoms with E-state index in [4.69, 9.17) is 0 Å². The zero-order chi connectivity index (χ0) is 24.7. The van der Waals surface area contributed by atoms with Crippen molar-refractivity contribution < 1.29 is 0 Å². The van der Waals surface area contributed by atoms with E-state index in [1.54, 1.807) is 18.3 Å². The van der Waals surface area contributed by atoms with E-state index in [9.17, 15) is 5.26 Å². The first-order valence-electron chi connectivity index (χ1n) is 12.1. The van der Waals surface area contributed by atoms with Crippen molar-refractivity contribution in [1.82, 2.24) is 4.98 Å². The zero-order valence-electron chi connectivity index (χ0n) is 20.3. The fourth-order valence-corrected chi connectivity index (χ4v) is 5.37. The van der Waals surface area contributed by atoms with E-state index in [1.165, 1.54) is 22.5 Å². The van der Waals surface area contributed by atoms with Gasteiger partial charge in [-0.15, -0.1) is 0 Å². The van der Waals surface area contributed by atoms with Crippen LogP contribution in [0.2, 0.25) is 0 Å². The van der Waals surface area contributed by atoms with Crippen LogP contribution in [0.15, 0.2) is 115 Å². The molecule has 0 bridgehead atoms. The van der Waals surface area contributed by atoms with Gasteiger partial charge in [0.25, 0.3) is 0 Å². The first-order chi connectivity index (χ1) is 17.6. The molecule has 36 heavy (non-hydrogen) atoms. The summed E-state index contributed by atoms with van der Waals surface area (Å²) in [7, 11) is 0. The van der Waals surface area contributed by atoms with E-state index in [-0.39, 0.29) is 5.41 Å². The second kappa shape index (κ2) is 8.52. The van der Waals surface area contributed by atoms with Crippen molar-refractivity contribution >= 4 is 17.1 Å². The molecule has 3 heteroatoms. The van der Waals surface area contributed by atoms with E-state index >= 15 is 0 Å². The Morgan fingerprint density at radius 3 is 1.83 bits per heavy atom. The van der Waals surface area contributed by atoms with Gasteiger partial charge in [-0.05, 0) is 47.0 Å². The molecule has 0 radical (unpaired) electrons. The normalized spacial score (nSPS) is 13.4. The van der Waals surface area contributed by atoms with E-state index in [0.717, 1.165) is 22.4 Å². The summed E-state index contributed by atoms with van der Waals surface area (Å²) >= 11 is 0. The molecule has 6 rings (SSSR count). The predicted octanol–water partition coefficient (Wildman–Crippen LogP) is 8.40. The molecule has 0 fully saturated rings. The number of hydrogen-bond acceptors (Lipinski definition) is 3. The molecular weight excluding hydrogens is 438 g/mol. The monoisotopic (exact) mass is 463 g/mol. The second-order valence-corrected chi connectivity index (χ2v) is 9.60. The van der Waals surface area contributed by atoms with Gasteiger partial charge < -0.3 is 4.90 Å². The number of hydrogen-bond donors (Lipinski definition) is 0. The van der Waals surface area contributed by atoms with Gasteiger partial charge in [0.15, 0.2) is 0 Å². The Kier molecular flexibility index (Phi) is 5.16. The third kappa shape index (κ3) is 3.39. The lowest BCUT2D eigenvalue weighted by molar-refractivity contribution is 0.632. The minimum atomic E-state index is -0.0958. The molecule has 1 aliphatic rings. The highest BCUT2D eigenvalue weighted by molar-refractivity contribution is 5.92. The largest absolute Gasteiger partial charge is 0.309 e. The highest BCUT2D eigenvalue weighted by Gasteiger charge is 2.36. The Labute approximate surface area is 211 Å². The van der Waals surface area contributed by atoms with Crippen molar-refractivity contribution in [3.63, 3.8) is 0 Å². The lowest BCUT2D eigenvalue weighted by atomic mass is 9.73. The average Bonchev–Trinajstić information content (AvgIpc) is 2.94. The first-order valence-corrected chi connectivity index (χ1v) is 12.1. The molecule has 1 aromatic heterocycles. The molecule has 172 valence electrons. The van der Waals surface area contributed by atoms with Gasteiger partial charge in [0.2, 0.25) is 0 Å². The summed E-state index contributed by atoms with van der Waals surface area (Å²) in [5, 5.41) is 9.49. The highest BCUT2D eigenvalue weighted by atomic mass is 15.2. The molecule has 4 aromatic carbocycles. The molecule has 0 atom stereocenters. The molecule has 0 N–H and O–H groups in total. The molecule has 1 aliphatic heterocycles. The maximum absolute atomic E-state index is 9.49. The molecule has 3 nitrogen and oxygen atoms in total. The van der Waals surface area contributed by atoms with Crippen LogP contribution in [0.5, 0.6) is 0 Å². The van der Waals surface area contributed by atoms with Crippen molar-refractivity contribution in [2.24, 2.45) is 0 Å². The fourth-order valence-electron chi connectivity index (χ4n) is 5.37. The van der Waals surface area contributed by atoms with Gasteiger partial charge in [-0.2, -0.15) is 5.26 Å². The third-order valence-electron chi connectivity index (χ3n) is 7.18. The molecule has 0 saturated carbocycles. The van der Waals surface area contributed by atoms with Crippen LogP contribution in [0.4, 0.5) is 17.1 Å². The van der Waals surface area contributed by atoms with E-state index in [1.807, 2.05) is 0 Å². The topological polar surface area (TPSA) is 39.9 Å². The molecule has 0 amide bonds. The minimum absolute atomic E-state index is 0.0958. The van der Waals surface area contributed by atoms with Crippen LogP contribution in [0.3, 0.4) is 0 Å². The fraction of sp³-hybridized carbons (Fsp3) is 0.0909. The van der Waals surface area contributed by atoms with Gasteiger partial charge in [0, 0.05) is 22.7 Å². The standard InChI is InChI=1S/C33H25N3/c1-33(2)27-12-4-7-15-30(27)36(31-16-8-5-13-28(31)33)29-14-6-3-11-26(29)23-17-19-24(20-18-23)32-25(22-34)10-9-21-35-32/h3-21H,1-2H3. The van der Waals surface area contributed by atoms with Crippen LogP contribution in [0.25, 0.3) is 22.4 Å². The van der Waals surface area contributed by atoms with Crippen molar-refractivity contribution in [2.45, 2.75) is 19.3 Å². The molecular formula is C33H25N3. The third-order valence-corrected chi connectivity index (χ3v) is 7.18. The summed E-state index contributed by atoms with van der Waals surface area (Å²) in [5.74, 6) is 0. The maximum Gasteiger partial charge on any atom is 0.101 e. The van der Waals surface area contributed by atoms with Crippen molar-refractivity contribution in [1.29, 1.82) is 5.26 Å². The second-order valence-electron chi connectivity index (χ2n) is 9.60. The molecule has 0 saturated heterocycles. The van der Waals surface area contributed by atoms with E-state index in [0.29, 0.717) is 11.3 Å². The summed E-state index contributed by atoms with van der Waals surface area (Å²) < 4.78 is 0. The molecule has 0 unspecified atom stereocenters. The number of anilines is 3. The minimum Gasteiger partial charge on any atom is -0.309 e. The lowest BCUT2D eigenvalue weighted by Gasteiger charge is -2.42. The lowest BCUT2D eigenvalue weighted by Crippen LogP contribution is -2.30. The number of aromatic nitrogens is 1. The summed E-state index contributed by atoms with van der Waals surface area (Å²) in [6.07, 6.45) is 1.73. The summed E-state index contributed by atoms with van der Waals surface area (Å²) in [5.41, 5.74) is 10.6. The Bertz CT molecular complexity index is 1570. The molecule has 2 heterocycles. The predicted molar refractivity (Wildman–Crippen MR) is 147 cm³/mol. The number of nitriles is 1. The van der Waals surface area contributed by atoms with Crippen LogP contribution in [0, 0.1) is 11.3 Å². The van der Waals surface area contributed by atoms with Crippen molar-refractivity contribution in [3.8, 4) is 28.5 Å². The molecule has 5 aromatic rings. The van der Waals surface area contributed by atoms with Crippen molar-refractivity contribution in [2.75, 3.05) is 4.90 Å². The van der Waals surface area contributed by atoms with Crippen LogP contribution < -0.4 is 4.90 Å². The summed E-state index contributed by atoms with van der Waals surface area (Å²) in [6.45, 7) is 4.61. The number of para-hydroxylation sites is 3. The molecule has 0 spiro atoms. The average molecular weight is 464 g/mol. The van der Waals surface area contributed by atoms with Gasteiger partial charge in [-0.25, -0.2) is 0 Å². The number of fused-ring (bicyclic) bond motifs is 2. The van der Waals surface area contributed by atoms with E-state index in [2.05, 4.69) is 127 Å². The van der Waals surface area contributed by atoms with Crippen LogP contribution in [-0.2, 0) is 5.41 Å². The van der Waals surface area contributed by atoms with Gasteiger partial charge in [-0.1, -0.05) is 92.7 Å². The number of pyridine rings is 1. The van der Waals surface area contributed by atoms with Gasteiger partial charge in [-0.3, -0.25) is 4.98 Å². The molecule has 0 aliphatic carbocycles. The Hall–Kier alpha value is -4.68. The number of benzene rings is 4. The highest BCUT2D eigenvalue weighted by Crippen LogP contribution is 2.53. The number of rotatable bonds is 3. The van der Waals surface area contributed by atoms with E-state index < -0.39 is 0 Å². The number of nitrogens with zero attached hydrogens (tertiary/aromatic N) is 3. The maximum atomic E-state index is 9.49. The Morgan fingerprint density at radius 1 is 0.639 bits per heavy atom. The summed E-state index contributed by atoms with van der Waals surface area (Å²) in [4.78, 5) is 6.84. The van der Waals surface area contributed by atoms with Crippen LogP contribution >= 0.6 is 0 Å². The van der Waals surface area contributed by atoms with Crippen molar-refractivity contribution in [3.05, 3.63) is 132 Å². The van der Waals surface area contributed by atoms with Gasteiger partial charge in [0.1, 0.15) is 6.07 Å². The van der Waals surface area contributed by atoms with Gasteiger partial charge in [0.05, 0.1) is 28.3 Å². The van der Waals surface area contributed by atoms with Crippen LogP contribution in [0.1, 0.15) is 30.5 Å². The quantitative estimate of drug-likeness (QED) is 0.270. The smallest absolute Gasteiger partial charge is 0.101 e. The summed E-state index contributed by atoms with van der Waals surface area (Å²) in [6, 6.07) is 40.2. The SMILES string of the molecule is CC1(C)c2ccccc2N(c2ccccc2-c2ccc(-c3ncccc3C#N)cc2)c2ccccc21. The Morgan fingerprint density at radius 2 is 1.19 bits per heavy atom. The zero-order valence-corrected chi connectivity index (χ0v) is 20.3. The Balaban J connectivity index is 1.51. The first kappa shape index (κ1) is 21.8.